The molecule has 0 saturated carbocycles. The lowest BCUT2D eigenvalue weighted by molar-refractivity contribution is -0.121. The van der Waals surface area contributed by atoms with Gasteiger partial charge in [0.2, 0.25) is 5.91 Å². The highest BCUT2D eigenvalue weighted by molar-refractivity contribution is 5.78. The second-order valence-corrected chi connectivity index (χ2v) is 6.96. The maximum absolute atomic E-state index is 13.1. The first-order chi connectivity index (χ1) is 13.7. The van der Waals surface area contributed by atoms with Crippen molar-refractivity contribution in [3.8, 4) is 0 Å². The van der Waals surface area contributed by atoms with Crippen LogP contribution in [0.1, 0.15) is 24.8 Å². The van der Waals surface area contributed by atoms with Crippen LogP contribution < -0.4 is 15.8 Å². The van der Waals surface area contributed by atoms with Crippen LogP contribution in [0.4, 0.5) is 5.82 Å². The number of nitrogens with one attached hydrogen (secondary N) is 1. The molecule has 7 nitrogen and oxygen atoms in total. The molecule has 3 heterocycles. The highest BCUT2D eigenvalue weighted by atomic mass is 16.2. The second-order valence-electron chi connectivity index (χ2n) is 6.96. The van der Waals surface area contributed by atoms with Crippen LogP contribution in [0.15, 0.2) is 53.6 Å². The first-order valence-corrected chi connectivity index (χ1v) is 9.62. The number of pyridine rings is 1. The van der Waals surface area contributed by atoms with Crippen LogP contribution in [0, 0.1) is 0 Å². The van der Waals surface area contributed by atoms with Gasteiger partial charge in [-0.25, -0.2) is 4.98 Å². The Balaban J connectivity index is 1.53. The Bertz CT molecular complexity index is 1030. The van der Waals surface area contributed by atoms with Gasteiger partial charge in [0.1, 0.15) is 0 Å². The SMILES string of the molecule is O=C(CCn1c(=O)c(N2CCCC2)nc2ccccc21)NCc1cccnc1. The zero-order valence-electron chi connectivity index (χ0n) is 15.7. The molecule has 0 unspecified atom stereocenters. The van der Waals surface area contributed by atoms with Crippen molar-refractivity contribution in [2.45, 2.75) is 32.4 Å². The van der Waals surface area contributed by atoms with Gasteiger partial charge >= 0.3 is 0 Å². The standard InChI is InChI=1S/C21H23N5O2/c27-19(23-15-16-6-5-10-22-14-16)9-13-26-18-8-2-1-7-17(18)24-20(21(26)28)25-11-3-4-12-25/h1-2,5-8,10,14H,3-4,9,11-13,15H2,(H,23,27). The van der Waals surface area contributed by atoms with E-state index in [0.29, 0.717) is 18.9 Å². The van der Waals surface area contributed by atoms with Crippen molar-refractivity contribution < 1.29 is 4.79 Å². The lowest BCUT2D eigenvalue weighted by atomic mass is 10.2. The summed E-state index contributed by atoms with van der Waals surface area (Å²) in [4.78, 5) is 36.1. The van der Waals surface area contributed by atoms with Gasteiger partial charge in [0.05, 0.1) is 11.0 Å². The number of hydrogen-bond acceptors (Lipinski definition) is 5. The van der Waals surface area contributed by atoms with Crippen LogP contribution in [0.25, 0.3) is 11.0 Å². The summed E-state index contributed by atoms with van der Waals surface area (Å²) in [5.41, 5.74) is 2.36. The van der Waals surface area contributed by atoms with Crippen LogP contribution in [0.5, 0.6) is 0 Å². The number of aryl methyl sites for hydroxylation is 1. The average Bonchev–Trinajstić information content (AvgIpc) is 3.26. The van der Waals surface area contributed by atoms with Crippen LogP contribution in [-0.2, 0) is 17.9 Å². The number of carbonyl (C=O) groups is 1. The minimum absolute atomic E-state index is 0.0978. The maximum atomic E-state index is 13.1. The number of hydrogen-bond donors (Lipinski definition) is 1. The monoisotopic (exact) mass is 377 g/mol. The van der Waals surface area contributed by atoms with Crippen LogP contribution in [0.2, 0.25) is 0 Å². The van der Waals surface area contributed by atoms with Gasteiger partial charge in [-0.05, 0) is 36.6 Å². The van der Waals surface area contributed by atoms with Gasteiger partial charge < -0.3 is 14.8 Å². The van der Waals surface area contributed by atoms with E-state index in [0.717, 1.165) is 42.5 Å². The molecular weight excluding hydrogens is 354 g/mol. The van der Waals surface area contributed by atoms with Gasteiger partial charge in [-0.1, -0.05) is 18.2 Å². The average molecular weight is 377 g/mol. The van der Waals surface area contributed by atoms with Gasteiger partial charge in [-0.3, -0.25) is 14.6 Å². The number of benzene rings is 1. The highest BCUT2D eigenvalue weighted by Crippen LogP contribution is 2.18. The maximum Gasteiger partial charge on any atom is 0.294 e. The fraction of sp³-hybridized carbons (Fsp3) is 0.333. The predicted molar refractivity (Wildman–Crippen MR) is 108 cm³/mol. The molecule has 2 aromatic heterocycles. The van der Waals surface area contributed by atoms with E-state index in [2.05, 4.69) is 15.3 Å². The van der Waals surface area contributed by atoms with Crippen LogP contribution in [-0.4, -0.2) is 33.5 Å². The van der Waals surface area contributed by atoms with Crippen molar-refractivity contribution in [2.75, 3.05) is 18.0 Å². The minimum Gasteiger partial charge on any atom is -0.352 e. The predicted octanol–water partition coefficient (Wildman–Crippen LogP) is 2.10. The molecule has 3 aromatic rings. The van der Waals surface area contributed by atoms with E-state index in [1.165, 1.54) is 0 Å². The molecule has 1 aromatic carbocycles. The minimum atomic E-state index is -0.124. The second kappa shape index (κ2) is 8.21. The largest absolute Gasteiger partial charge is 0.352 e. The molecule has 1 saturated heterocycles. The Morgan fingerprint density at radius 3 is 2.71 bits per heavy atom. The van der Waals surface area contributed by atoms with E-state index in [1.54, 1.807) is 17.0 Å². The smallest absolute Gasteiger partial charge is 0.294 e. The molecule has 0 aliphatic carbocycles. The Labute approximate surface area is 163 Å². The number of carbonyl (C=O) groups excluding carboxylic acids is 1. The van der Waals surface area contributed by atoms with Gasteiger partial charge in [-0.15, -0.1) is 0 Å². The highest BCUT2D eigenvalue weighted by Gasteiger charge is 2.20. The van der Waals surface area contributed by atoms with E-state index in [1.807, 2.05) is 41.3 Å². The molecule has 144 valence electrons. The Hall–Kier alpha value is -3.22. The number of aromatic nitrogens is 3. The van der Waals surface area contributed by atoms with Crippen molar-refractivity contribution in [3.05, 3.63) is 64.7 Å². The summed E-state index contributed by atoms with van der Waals surface area (Å²) in [7, 11) is 0. The summed E-state index contributed by atoms with van der Waals surface area (Å²) < 4.78 is 1.68. The topological polar surface area (TPSA) is 80.1 Å². The number of fused-ring (bicyclic) bond motifs is 1. The molecule has 0 bridgehead atoms. The van der Waals surface area contributed by atoms with Crippen LogP contribution >= 0.6 is 0 Å². The lowest BCUT2D eigenvalue weighted by Gasteiger charge is -2.19. The first kappa shape index (κ1) is 18.2. The molecule has 0 atom stereocenters. The summed E-state index contributed by atoms with van der Waals surface area (Å²) in [6, 6.07) is 11.3. The molecule has 1 aliphatic rings. The third kappa shape index (κ3) is 3.88. The molecule has 7 heteroatoms. The van der Waals surface area contributed by atoms with Gasteiger partial charge in [-0.2, -0.15) is 0 Å². The summed E-state index contributed by atoms with van der Waals surface area (Å²) in [6.07, 6.45) is 5.80. The Kier molecular flexibility index (Phi) is 5.32. The van der Waals surface area contributed by atoms with Crippen molar-refractivity contribution in [3.63, 3.8) is 0 Å². The van der Waals surface area contributed by atoms with Crippen molar-refractivity contribution in [1.82, 2.24) is 19.9 Å². The number of rotatable bonds is 6. The summed E-state index contributed by atoms with van der Waals surface area (Å²) in [5, 5.41) is 2.89. The van der Waals surface area contributed by atoms with Crippen molar-refractivity contribution >= 4 is 22.8 Å². The lowest BCUT2D eigenvalue weighted by Crippen LogP contribution is -2.33. The number of para-hydroxylation sites is 2. The molecule has 4 rings (SSSR count). The van der Waals surface area contributed by atoms with E-state index in [4.69, 9.17) is 0 Å². The molecule has 28 heavy (non-hydrogen) atoms. The molecular formula is C21H23N5O2. The summed E-state index contributed by atoms with van der Waals surface area (Å²) >= 11 is 0. The molecule has 1 fully saturated rings. The van der Waals surface area contributed by atoms with E-state index in [-0.39, 0.29) is 17.9 Å². The van der Waals surface area contributed by atoms with Gasteiger partial charge in [0.25, 0.3) is 5.56 Å². The quantitative estimate of drug-likeness (QED) is 0.712. The normalized spacial score (nSPS) is 13.8. The molecule has 1 aliphatic heterocycles. The van der Waals surface area contributed by atoms with Gasteiger partial charge in [0, 0.05) is 45.0 Å². The zero-order valence-corrected chi connectivity index (χ0v) is 15.7. The van der Waals surface area contributed by atoms with E-state index < -0.39 is 0 Å². The summed E-state index contributed by atoms with van der Waals surface area (Å²) in [5.74, 6) is 0.395. The summed E-state index contributed by atoms with van der Waals surface area (Å²) in [6.45, 7) is 2.46. The molecule has 1 amide bonds. The molecule has 0 radical (unpaired) electrons. The van der Waals surface area contributed by atoms with E-state index >= 15 is 0 Å². The number of nitrogens with zero attached hydrogens (tertiary/aromatic N) is 4. The number of amides is 1. The third-order valence-electron chi connectivity index (χ3n) is 5.02. The first-order valence-electron chi connectivity index (χ1n) is 9.62. The van der Waals surface area contributed by atoms with Crippen molar-refractivity contribution in [1.29, 1.82) is 0 Å². The van der Waals surface area contributed by atoms with E-state index in [9.17, 15) is 9.59 Å². The molecule has 0 spiro atoms. The fourth-order valence-corrected chi connectivity index (χ4v) is 3.54. The Morgan fingerprint density at radius 1 is 1.11 bits per heavy atom. The molecule has 1 N–H and O–H groups in total. The Morgan fingerprint density at radius 2 is 1.93 bits per heavy atom. The van der Waals surface area contributed by atoms with Gasteiger partial charge in [0.15, 0.2) is 5.82 Å². The zero-order chi connectivity index (χ0) is 19.3. The van der Waals surface area contributed by atoms with Crippen molar-refractivity contribution in [2.24, 2.45) is 0 Å². The fourth-order valence-electron chi connectivity index (χ4n) is 3.54. The number of anilines is 1. The van der Waals surface area contributed by atoms with Crippen LogP contribution in [0.3, 0.4) is 0 Å². The third-order valence-corrected chi connectivity index (χ3v) is 5.02.